The maximum atomic E-state index is 3.56. The lowest BCUT2D eigenvalue weighted by molar-refractivity contribution is 0.835. The van der Waals surface area contributed by atoms with Crippen LogP contribution in [0.15, 0.2) is 37.0 Å². The fourth-order valence-corrected chi connectivity index (χ4v) is 0.118. The molecule has 0 aromatic carbocycles. The van der Waals surface area contributed by atoms with Crippen molar-refractivity contribution in [1.29, 1.82) is 0 Å². The monoisotopic (exact) mass is 272 g/mol. The number of hydrogen-bond donors (Lipinski definition) is 0. The molecule has 0 N–H and O–H groups in total. The van der Waals surface area contributed by atoms with Gasteiger partial charge in [-0.25, -0.2) is 0 Å². The molecule has 0 radical (unpaired) electrons. The maximum Gasteiger partial charge on any atom is -0.0293 e. The highest BCUT2D eigenvalue weighted by Crippen LogP contribution is 1.88. The minimum Gasteiger partial charge on any atom is -0.103 e. The second-order valence-corrected chi connectivity index (χ2v) is 2.72. The predicted octanol–water partition coefficient (Wildman–Crippen LogP) is 8.07. The van der Waals surface area contributed by atoms with Gasteiger partial charge in [0.15, 0.2) is 0 Å². The van der Waals surface area contributed by atoms with Gasteiger partial charge in [-0.15, -0.1) is 6.58 Å². The van der Waals surface area contributed by atoms with E-state index in [0.29, 0.717) is 5.92 Å². The van der Waals surface area contributed by atoms with Gasteiger partial charge in [0.1, 0.15) is 0 Å². The molecule has 0 bridgehead atoms. The number of allylic oxidation sites excluding steroid dienone is 4. The molecule has 0 aliphatic rings. The van der Waals surface area contributed by atoms with Crippen LogP contribution in [-0.4, -0.2) is 0 Å². The van der Waals surface area contributed by atoms with E-state index >= 15 is 0 Å². The van der Waals surface area contributed by atoms with Gasteiger partial charge in [0.05, 0.1) is 0 Å². The molecule has 0 aliphatic carbocycles. The Hall–Kier alpha value is -0.780. The van der Waals surface area contributed by atoms with E-state index < -0.39 is 0 Å². The Morgan fingerprint density at radius 3 is 1.00 bits per heavy atom. The standard InChI is InChI=1S/C6H10.C5H10.4C2H6/c1-4-6(3)5-2;1-4-5(2)3;4*1-2/h4-5H,1H2,2-3H3;4-5H,1H2,2-3H3;4*1-2H3/b6-5-;;;;;. The highest BCUT2D eigenvalue weighted by atomic mass is 13.8. The van der Waals surface area contributed by atoms with Gasteiger partial charge in [-0.05, 0) is 19.8 Å². The lowest BCUT2D eigenvalue weighted by Gasteiger charge is -1.84. The molecule has 0 atom stereocenters. The van der Waals surface area contributed by atoms with E-state index in [1.807, 2.05) is 87.5 Å². The largest absolute Gasteiger partial charge is 0.103 e. The zero-order valence-electron chi connectivity index (χ0n) is 16.2. The molecule has 0 aromatic rings. The van der Waals surface area contributed by atoms with Gasteiger partial charge >= 0.3 is 0 Å². The molecule has 0 spiro atoms. The quantitative estimate of drug-likeness (QED) is 0.352. The smallest absolute Gasteiger partial charge is 0.0293 e. The Morgan fingerprint density at radius 1 is 0.789 bits per heavy atom. The van der Waals surface area contributed by atoms with Crippen LogP contribution in [0, 0.1) is 5.92 Å². The molecule has 0 aromatic heterocycles. The van der Waals surface area contributed by atoms with Gasteiger partial charge in [-0.1, -0.05) is 99.6 Å². The van der Waals surface area contributed by atoms with Gasteiger partial charge in [0.2, 0.25) is 0 Å². The molecule has 0 rings (SSSR count). The van der Waals surface area contributed by atoms with E-state index in [-0.39, 0.29) is 0 Å². The van der Waals surface area contributed by atoms with Crippen LogP contribution in [0.2, 0.25) is 0 Å². The van der Waals surface area contributed by atoms with Crippen molar-refractivity contribution in [2.75, 3.05) is 0 Å². The summed E-state index contributed by atoms with van der Waals surface area (Å²) in [5, 5.41) is 0. The Labute approximate surface area is 126 Å². The van der Waals surface area contributed by atoms with Crippen LogP contribution in [0.1, 0.15) is 83.1 Å². The van der Waals surface area contributed by atoms with Crippen LogP contribution >= 0.6 is 0 Å². The Morgan fingerprint density at radius 2 is 1.00 bits per heavy atom. The van der Waals surface area contributed by atoms with Crippen molar-refractivity contribution in [3.8, 4) is 0 Å². The first-order valence-corrected chi connectivity index (χ1v) is 7.96. The molecule has 0 fully saturated rings. The predicted molar refractivity (Wildman–Crippen MR) is 100 cm³/mol. The molecule has 0 heteroatoms. The third-order valence-electron chi connectivity index (χ3n) is 1.25. The summed E-state index contributed by atoms with van der Waals surface area (Å²) in [7, 11) is 0. The zero-order valence-corrected chi connectivity index (χ0v) is 16.2. The number of hydrogen-bond acceptors (Lipinski definition) is 0. The third kappa shape index (κ3) is 146. The molecule has 0 amide bonds. The van der Waals surface area contributed by atoms with E-state index in [9.17, 15) is 0 Å². The lowest BCUT2D eigenvalue weighted by Crippen LogP contribution is -1.71. The lowest BCUT2D eigenvalue weighted by atomic mass is 10.2. The normalized spacial score (nSPS) is 7.11. The second kappa shape index (κ2) is 67.0. The topological polar surface area (TPSA) is 0 Å². The van der Waals surface area contributed by atoms with Crippen molar-refractivity contribution in [3.63, 3.8) is 0 Å². The molecule has 120 valence electrons. The molecule has 0 saturated heterocycles. The Balaban J connectivity index is -0.0000000294. The van der Waals surface area contributed by atoms with Crippen molar-refractivity contribution in [2.45, 2.75) is 83.1 Å². The maximum absolute atomic E-state index is 3.56. The second-order valence-electron chi connectivity index (χ2n) is 2.72. The summed E-state index contributed by atoms with van der Waals surface area (Å²) in [6.45, 7) is 31.3. The SMILES string of the molecule is C=C/C(C)=C\C.C=CC(C)C.CC.CC.CC.CC. The van der Waals surface area contributed by atoms with Crippen LogP contribution in [0.5, 0.6) is 0 Å². The molecule has 0 unspecified atom stereocenters. The van der Waals surface area contributed by atoms with Gasteiger partial charge in [-0.3, -0.25) is 0 Å². The molecule has 0 heterocycles. The van der Waals surface area contributed by atoms with E-state index in [1.165, 1.54) is 5.57 Å². The average Bonchev–Trinajstić information content (AvgIpc) is 2.54. The van der Waals surface area contributed by atoms with Gasteiger partial charge < -0.3 is 0 Å². The summed E-state index contributed by atoms with van der Waals surface area (Å²) < 4.78 is 0. The highest BCUT2D eigenvalue weighted by molar-refractivity contribution is 5.10. The molecule has 0 saturated carbocycles. The van der Waals surface area contributed by atoms with Crippen LogP contribution in [0.4, 0.5) is 0 Å². The minimum absolute atomic E-state index is 0.648. The Bertz CT molecular complexity index is 127. The average molecular weight is 273 g/mol. The van der Waals surface area contributed by atoms with E-state index in [2.05, 4.69) is 27.0 Å². The highest BCUT2D eigenvalue weighted by Gasteiger charge is 1.73. The first-order valence-electron chi connectivity index (χ1n) is 7.96. The van der Waals surface area contributed by atoms with Gasteiger partial charge in [0, 0.05) is 0 Å². The first kappa shape index (κ1) is 36.2. The summed E-state index contributed by atoms with van der Waals surface area (Å²) in [4.78, 5) is 0. The third-order valence-corrected chi connectivity index (χ3v) is 1.25. The molecule has 0 aliphatic heterocycles. The van der Waals surface area contributed by atoms with E-state index in [0.717, 1.165) is 0 Å². The Kier molecular flexibility index (Phi) is 128. The molecule has 0 nitrogen and oxygen atoms in total. The van der Waals surface area contributed by atoms with Crippen LogP contribution in [0.25, 0.3) is 0 Å². The van der Waals surface area contributed by atoms with Crippen molar-refractivity contribution in [2.24, 2.45) is 5.92 Å². The minimum atomic E-state index is 0.648. The summed E-state index contributed by atoms with van der Waals surface area (Å²) >= 11 is 0. The molecule has 19 heavy (non-hydrogen) atoms. The van der Waals surface area contributed by atoms with Crippen LogP contribution < -0.4 is 0 Å². The van der Waals surface area contributed by atoms with Crippen molar-refractivity contribution >= 4 is 0 Å². The van der Waals surface area contributed by atoms with Gasteiger partial charge in [-0.2, -0.15) is 0 Å². The number of rotatable bonds is 2. The fraction of sp³-hybridized carbons (Fsp3) is 0.684. The molecular formula is C19H44. The van der Waals surface area contributed by atoms with Crippen LogP contribution in [-0.2, 0) is 0 Å². The van der Waals surface area contributed by atoms with Crippen molar-refractivity contribution in [3.05, 3.63) is 37.0 Å². The summed E-state index contributed by atoms with van der Waals surface area (Å²) in [5.41, 5.74) is 1.23. The van der Waals surface area contributed by atoms with E-state index in [4.69, 9.17) is 0 Å². The first-order chi connectivity index (χ1) is 9.08. The molecular weight excluding hydrogens is 228 g/mol. The van der Waals surface area contributed by atoms with Crippen molar-refractivity contribution < 1.29 is 0 Å². The fourth-order valence-electron chi connectivity index (χ4n) is 0.118. The van der Waals surface area contributed by atoms with Gasteiger partial charge in [0.25, 0.3) is 0 Å². The summed E-state index contributed by atoms with van der Waals surface area (Å²) in [5.74, 6) is 0.648. The summed E-state index contributed by atoms with van der Waals surface area (Å²) in [6, 6.07) is 0. The van der Waals surface area contributed by atoms with Crippen molar-refractivity contribution in [1.82, 2.24) is 0 Å². The van der Waals surface area contributed by atoms with Crippen LogP contribution in [0.3, 0.4) is 0 Å². The summed E-state index contributed by atoms with van der Waals surface area (Å²) in [6.07, 6.45) is 5.77. The zero-order chi connectivity index (χ0) is 17.3. The van der Waals surface area contributed by atoms with E-state index in [1.54, 1.807) is 0 Å².